The van der Waals surface area contributed by atoms with Gasteiger partial charge in [-0.3, -0.25) is 14.3 Å². The van der Waals surface area contributed by atoms with E-state index in [0.29, 0.717) is 12.1 Å². The minimum absolute atomic E-state index is 0.168. The number of unbranched alkanes of at least 4 members (excludes halogenated alkanes) is 1. The number of fused-ring (bicyclic) bond motifs is 3. The highest BCUT2D eigenvalue weighted by atomic mass is 32.1. The lowest BCUT2D eigenvalue weighted by atomic mass is 10.0. The molecule has 1 saturated heterocycles. The number of para-hydroxylation sites is 1. The Labute approximate surface area is 159 Å². The van der Waals surface area contributed by atoms with Gasteiger partial charge in [0.15, 0.2) is 0 Å². The van der Waals surface area contributed by atoms with Crippen LogP contribution in [-0.2, 0) is 6.54 Å². The monoisotopic (exact) mass is 366 g/mol. The van der Waals surface area contributed by atoms with Crippen LogP contribution in [0.15, 0.2) is 40.7 Å². The molecule has 1 aromatic heterocycles. The summed E-state index contributed by atoms with van der Waals surface area (Å²) in [6.07, 6.45) is 9.20. The van der Waals surface area contributed by atoms with Crippen molar-refractivity contribution < 1.29 is 0 Å². The Morgan fingerprint density at radius 3 is 2.96 bits per heavy atom. The molecule has 2 bridgehead atoms. The topological polar surface area (TPSA) is 25.2 Å². The maximum atomic E-state index is 12.3. The molecule has 2 unspecified atom stereocenters. The van der Waals surface area contributed by atoms with Crippen molar-refractivity contribution in [3.8, 4) is 11.8 Å². The van der Waals surface area contributed by atoms with Crippen molar-refractivity contribution in [3.05, 3.63) is 45.6 Å². The van der Waals surface area contributed by atoms with Gasteiger partial charge in [-0.15, -0.1) is 0 Å². The van der Waals surface area contributed by atoms with Crippen molar-refractivity contribution in [1.29, 1.82) is 0 Å². The lowest BCUT2D eigenvalue weighted by molar-refractivity contribution is 0.201. The molecule has 3 nitrogen and oxygen atoms in total. The van der Waals surface area contributed by atoms with Crippen molar-refractivity contribution >= 4 is 21.6 Å². The van der Waals surface area contributed by atoms with Crippen LogP contribution in [0.25, 0.3) is 10.2 Å². The number of nitrogens with zero attached hydrogens (tertiary/aromatic N) is 2. The number of aromatic nitrogens is 1. The maximum absolute atomic E-state index is 12.3. The molecule has 26 heavy (non-hydrogen) atoms. The first-order valence-electron chi connectivity index (χ1n) is 9.80. The summed E-state index contributed by atoms with van der Waals surface area (Å²) in [5.74, 6) is 6.69. The Morgan fingerprint density at radius 1 is 1.23 bits per heavy atom. The van der Waals surface area contributed by atoms with Crippen LogP contribution < -0.4 is 4.87 Å². The summed E-state index contributed by atoms with van der Waals surface area (Å²) in [7, 11) is 0. The van der Waals surface area contributed by atoms with Crippen LogP contribution in [0.4, 0.5) is 0 Å². The summed E-state index contributed by atoms with van der Waals surface area (Å²) in [6.45, 7) is 4.06. The largest absolute Gasteiger partial charge is 0.308 e. The lowest BCUT2D eigenvalue weighted by Gasteiger charge is -2.32. The molecule has 1 aromatic carbocycles. The van der Waals surface area contributed by atoms with Gasteiger partial charge < -0.3 is 0 Å². The van der Waals surface area contributed by atoms with Crippen molar-refractivity contribution in [2.24, 2.45) is 0 Å². The zero-order chi connectivity index (χ0) is 17.9. The Hall–Kier alpha value is -1.83. The van der Waals surface area contributed by atoms with E-state index in [9.17, 15) is 4.79 Å². The molecule has 4 rings (SSSR count). The average Bonchev–Trinajstić information content (AvgIpc) is 3.08. The number of aryl methyl sites for hydroxylation is 1. The summed E-state index contributed by atoms with van der Waals surface area (Å²) in [4.78, 5) is 15.1. The fraction of sp³-hybridized carbons (Fsp3) is 0.500. The molecule has 0 spiro atoms. The van der Waals surface area contributed by atoms with Crippen LogP contribution in [0, 0.1) is 11.8 Å². The van der Waals surface area contributed by atoms with Gasteiger partial charge in [0.2, 0.25) is 0 Å². The van der Waals surface area contributed by atoms with E-state index >= 15 is 0 Å². The predicted molar refractivity (Wildman–Crippen MR) is 110 cm³/mol. The second-order valence-electron chi connectivity index (χ2n) is 7.33. The van der Waals surface area contributed by atoms with E-state index in [2.05, 4.69) is 35.8 Å². The van der Waals surface area contributed by atoms with Gasteiger partial charge in [-0.2, -0.15) is 0 Å². The molecule has 1 fully saturated rings. The molecule has 0 amide bonds. The molecule has 2 aliphatic heterocycles. The summed E-state index contributed by atoms with van der Waals surface area (Å²) < 4.78 is 3.04. The summed E-state index contributed by atoms with van der Waals surface area (Å²) >= 11 is 1.36. The van der Waals surface area contributed by atoms with E-state index < -0.39 is 0 Å². The van der Waals surface area contributed by atoms with Crippen molar-refractivity contribution in [2.75, 3.05) is 6.54 Å². The van der Waals surface area contributed by atoms with Gasteiger partial charge in [0.1, 0.15) is 0 Å². The number of hydrogen-bond donors (Lipinski definition) is 0. The highest BCUT2D eigenvalue weighted by Crippen LogP contribution is 2.34. The first kappa shape index (κ1) is 17.6. The van der Waals surface area contributed by atoms with E-state index in [-0.39, 0.29) is 4.87 Å². The molecule has 0 aliphatic carbocycles. The Morgan fingerprint density at radius 2 is 2.12 bits per heavy atom. The highest BCUT2D eigenvalue weighted by molar-refractivity contribution is 7.16. The van der Waals surface area contributed by atoms with Crippen LogP contribution in [0.5, 0.6) is 0 Å². The SMILES string of the molecule is CCCC#CC1=CC2CCC(C1)N2CCCn1c(=O)sc2ccccc21. The molecule has 2 aromatic rings. The molecule has 0 saturated carbocycles. The second-order valence-corrected chi connectivity index (χ2v) is 8.32. The molecule has 0 N–H and O–H groups in total. The van der Waals surface area contributed by atoms with Gasteiger partial charge in [0.25, 0.3) is 0 Å². The van der Waals surface area contributed by atoms with Crippen molar-refractivity contribution in [3.63, 3.8) is 0 Å². The van der Waals surface area contributed by atoms with Crippen LogP contribution in [0.2, 0.25) is 0 Å². The Bertz CT molecular complexity index is 927. The van der Waals surface area contributed by atoms with Gasteiger partial charge in [0.05, 0.1) is 10.2 Å². The van der Waals surface area contributed by atoms with Crippen LogP contribution in [0.3, 0.4) is 0 Å². The molecule has 3 heterocycles. The maximum Gasteiger partial charge on any atom is 0.308 e. The summed E-state index contributed by atoms with van der Waals surface area (Å²) in [5.41, 5.74) is 2.43. The summed E-state index contributed by atoms with van der Waals surface area (Å²) in [5, 5.41) is 0. The zero-order valence-electron chi connectivity index (χ0n) is 15.4. The smallest absolute Gasteiger partial charge is 0.299 e. The molecular weight excluding hydrogens is 340 g/mol. The fourth-order valence-corrected chi connectivity index (χ4v) is 5.21. The van der Waals surface area contributed by atoms with Crippen LogP contribution in [-0.4, -0.2) is 28.1 Å². The second kappa shape index (κ2) is 7.82. The third-order valence-electron chi connectivity index (χ3n) is 5.54. The molecule has 136 valence electrons. The lowest BCUT2D eigenvalue weighted by Crippen LogP contribution is -2.39. The highest BCUT2D eigenvalue weighted by Gasteiger charge is 2.35. The third-order valence-corrected chi connectivity index (χ3v) is 6.50. The van der Waals surface area contributed by atoms with E-state index in [1.807, 2.05) is 22.8 Å². The number of hydrogen-bond acceptors (Lipinski definition) is 3. The molecule has 2 atom stereocenters. The van der Waals surface area contributed by atoms with E-state index in [1.54, 1.807) is 0 Å². The van der Waals surface area contributed by atoms with E-state index in [1.165, 1.54) is 29.8 Å². The quantitative estimate of drug-likeness (QED) is 0.732. The van der Waals surface area contributed by atoms with Crippen LogP contribution in [0.1, 0.15) is 45.4 Å². The number of thiazole rings is 1. The Balaban J connectivity index is 1.39. The number of rotatable bonds is 5. The average molecular weight is 367 g/mol. The first-order chi connectivity index (χ1) is 12.8. The van der Waals surface area contributed by atoms with E-state index in [4.69, 9.17) is 0 Å². The van der Waals surface area contributed by atoms with Crippen molar-refractivity contribution in [2.45, 2.75) is 64.1 Å². The van der Waals surface area contributed by atoms with Gasteiger partial charge >= 0.3 is 4.87 Å². The van der Waals surface area contributed by atoms with Gasteiger partial charge in [-0.05, 0) is 44.2 Å². The van der Waals surface area contributed by atoms with Gasteiger partial charge in [-0.25, -0.2) is 0 Å². The zero-order valence-corrected chi connectivity index (χ0v) is 16.2. The number of benzene rings is 1. The standard InChI is InChI=1S/C22H26N2OS/c1-2-3-4-8-17-15-18-11-12-19(16-17)23(18)13-7-14-24-20-9-5-6-10-21(20)26-22(24)25/h5-6,9-10,15,18-19H,2-3,7,11-14,16H2,1H3. The fourth-order valence-electron chi connectivity index (χ4n) is 4.30. The van der Waals surface area contributed by atoms with Crippen molar-refractivity contribution in [1.82, 2.24) is 9.47 Å². The predicted octanol–water partition coefficient (Wildman–Crippen LogP) is 4.42. The molecule has 4 heteroatoms. The minimum atomic E-state index is 0.168. The third kappa shape index (κ3) is 3.51. The summed E-state index contributed by atoms with van der Waals surface area (Å²) in [6, 6.07) is 9.31. The van der Waals surface area contributed by atoms with Gasteiger partial charge in [-0.1, -0.05) is 48.3 Å². The molecule has 0 radical (unpaired) electrons. The first-order valence-corrected chi connectivity index (χ1v) is 10.6. The Kier molecular flexibility index (Phi) is 5.28. The molecule has 2 aliphatic rings. The normalized spacial score (nSPS) is 22.3. The van der Waals surface area contributed by atoms with Crippen LogP contribution >= 0.6 is 11.3 Å². The van der Waals surface area contributed by atoms with E-state index in [0.717, 1.165) is 49.0 Å². The van der Waals surface area contributed by atoms with Gasteiger partial charge in [0, 0.05) is 37.2 Å². The minimum Gasteiger partial charge on any atom is -0.299 e. The molecular formula is C22H26N2OS.